The SMILES string of the molecule is C[C@H](Oc1ccc2c(c1)CN(CCC(=O)O)CC2)c1c(Cl)ccc(F)c1Cl. The summed E-state index contributed by atoms with van der Waals surface area (Å²) in [7, 11) is 0. The van der Waals surface area contributed by atoms with Crippen molar-refractivity contribution in [3.05, 3.63) is 62.9 Å². The summed E-state index contributed by atoms with van der Waals surface area (Å²) in [6, 6.07) is 8.53. The summed E-state index contributed by atoms with van der Waals surface area (Å²) < 4.78 is 19.7. The second-order valence-electron chi connectivity index (χ2n) is 6.62. The Labute approximate surface area is 167 Å². The third kappa shape index (κ3) is 4.72. The van der Waals surface area contributed by atoms with Crippen LogP contribution in [0.3, 0.4) is 0 Å². The number of nitrogens with zero attached hydrogens (tertiary/aromatic N) is 1. The summed E-state index contributed by atoms with van der Waals surface area (Å²) in [4.78, 5) is 12.9. The van der Waals surface area contributed by atoms with Gasteiger partial charge in [0.15, 0.2) is 0 Å². The first kappa shape index (κ1) is 19.9. The van der Waals surface area contributed by atoms with Crippen molar-refractivity contribution in [1.29, 1.82) is 0 Å². The number of benzene rings is 2. The van der Waals surface area contributed by atoms with Gasteiger partial charge in [-0.2, -0.15) is 0 Å². The van der Waals surface area contributed by atoms with Crippen LogP contribution in [0.5, 0.6) is 5.75 Å². The van der Waals surface area contributed by atoms with Gasteiger partial charge in [0.1, 0.15) is 17.7 Å². The first-order valence-corrected chi connectivity index (χ1v) is 9.46. The Morgan fingerprint density at radius 3 is 2.81 bits per heavy atom. The topological polar surface area (TPSA) is 49.8 Å². The highest BCUT2D eigenvalue weighted by atomic mass is 35.5. The lowest BCUT2D eigenvalue weighted by Crippen LogP contribution is -2.32. The zero-order valence-electron chi connectivity index (χ0n) is 14.8. The summed E-state index contributed by atoms with van der Waals surface area (Å²) in [6.07, 6.45) is 0.469. The van der Waals surface area contributed by atoms with Crippen LogP contribution in [-0.2, 0) is 17.8 Å². The Balaban J connectivity index is 1.75. The number of hydrogen-bond acceptors (Lipinski definition) is 3. The van der Waals surface area contributed by atoms with Gasteiger partial charge in [-0.3, -0.25) is 9.69 Å². The molecule has 0 aromatic heterocycles. The summed E-state index contributed by atoms with van der Waals surface area (Å²) in [5, 5.41) is 9.18. The summed E-state index contributed by atoms with van der Waals surface area (Å²) in [5.74, 6) is -0.695. The van der Waals surface area contributed by atoms with Gasteiger partial charge >= 0.3 is 5.97 Å². The molecule has 4 nitrogen and oxygen atoms in total. The molecule has 0 saturated heterocycles. The Kier molecular flexibility index (Phi) is 6.25. The third-order valence-electron chi connectivity index (χ3n) is 4.71. The highest BCUT2D eigenvalue weighted by Gasteiger charge is 2.21. The van der Waals surface area contributed by atoms with E-state index in [9.17, 15) is 9.18 Å². The highest BCUT2D eigenvalue weighted by Crippen LogP contribution is 2.35. The van der Waals surface area contributed by atoms with E-state index in [1.54, 1.807) is 6.92 Å². The molecule has 2 aromatic rings. The second kappa shape index (κ2) is 8.46. The van der Waals surface area contributed by atoms with Gasteiger partial charge in [-0.1, -0.05) is 29.3 Å². The lowest BCUT2D eigenvalue weighted by Gasteiger charge is -2.29. The van der Waals surface area contributed by atoms with Crippen LogP contribution in [0.4, 0.5) is 4.39 Å². The molecule has 1 aliphatic rings. The van der Waals surface area contributed by atoms with Crippen molar-refractivity contribution in [2.75, 3.05) is 13.1 Å². The molecule has 0 fully saturated rings. The van der Waals surface area contributed by atoms with Crippen molar-refractivity contribution in [3.63, 3.8) is 0 Å². The van der Waals surface area contributed by atoms with E-state index >= 15 is 0 Å². The van der Waals surface area contributed by atoms with Gasteiger partial charge in [0.25, 0.3) is 0 Å². The number of rotatable bonds is 6. The lowest BCUT2D eigenvalue weighted by molar-refractivity contribution is -0.137. The quantitative estimate of drug-likeness (QED) is 0.671. The van der Waals surface area contributed by atoms with Crippen molar-refractivity contribution < 1.29 is 19.0 Å². The molecule has 144 valence electrons. The van der Waals surface area contributed by atoms with E-state index in [0.717, 1.165) is 18.5 Å². The Morgan fingerprint density at radius 2 is 2.07 bits per heavy atom. The smallest absolute Gasteiger partial charge is 0.304 e. The zero-order valence-corrected chi connectivity index (χ0v) is 16.4. The third-order valence-corrected chi connectivity index (χ3v) is 5.42. The number of carboxylic acids is 1. The molecule has 1 N–H and O–H groups in total. The number of ether oxygens (including phenoxy) is 1. The normalized spacial score (nSPS) is 15.3. The molecular formula is C20H20Cl2FNO3. The van der Waals surface area contributed by atoms with Gasteiger partial charge in [0, 0.05) is 30.2 Å². The van der Waals surface area contributed by atoms with Crippen molar-refractivity contribution in [2.45, 2.75) is 32.4 Å². The van der Waals surface area contributed by atoms with Crippen LogP contribution in [0.15, 0.2) is 30.3 Å². The van der Waals surface area contributed by atoms with E-state index in [1.807, 2.05) is 18.2 Å². The van der Waals surface area contributed by atoms with E-state index in [-0.39, 0.29) is 11.4 Å². The van der Waals surface area contributed by atoms with Crippen molar-refractivity contribution >= 4 is 29.2 Å². The zero-order chi connectivity index (χ0) is 19.6. The van der Waals surface area contributed by atoms with Gasteiger partial charge < -0.3 is 9.84 Å². The van der Waals surface area contributed by atoms with Crippen LogP contribution in [-0.4, -0.2) is 29.1 Å². The standard InChI is InChI=1S/C20H20Cl2FNO3/c1-12(19-16(21)4-5-17(23)20(19)22)27-15-3-2-13-6-8-24(9-7-18(25)26)11-14(13)10-15/h2-5,10,12H,6-9,11H2,1H3,(H,25,26)/t12-/m0/s1. The van der Waals surface area contributed by atoms with Gasteiger partial charge in [-0.05, 0) is 48.7 Å². The van der Waals surface area contributed by atoms with Gasteiger partial charge in [-0.25, -0.2) is 4.39 Å². The number of fused-ring (bicyclic) bond motifs is 1. The van der Waals surface area contributed by atoms with Crippen LogP contribution < -0.4 is 4.74 Å². The molecule has 0 amide bonds. The first-order chi connectivity index (χ1) is 12.8. The largest absolute Gasteiger partial charge is 0.486 e. The van der Waals surface area contributed by atoms with Crippen molar-refractivity contribution in [1.82, 2.24) is 4.90 Å². The maximum atomic E-state index is 13.8. The van der Waals surface area contributed by atoms with Crippen LogP contribution in [0, 0.1) is 5.82 Å². The number of hydrogen-bond donors (Lipinski definition) is 1. The molecule has 1 atom stereocenters. The molecule has 0 radical (unpaired) electrons. The second-order valence-corrected chi connectivity index (χ2v) is 7.40. The average molecular weight is 412 g/mol. The molecule has 1 heterocycles. The Bertz CT molecular complexity index is 859. The van der Waals surface area contributed by atoms with Crippen molar-refractivity contribution in [2.24, 2.45) is 0 Å². The van der Waals surface area contributed by atoms with E-state index in [1.165, 1.54) is 17.7 Å². The minimum absolute atomic E-state index is 0.0344. The summed E-state index contributed by atoms with van der Waals surface area (Å²) in [6.45, 7) is 3.80. The van der Waals surface area contributed by atoms with Crippen LogP contribution in [0.25, 0.3) is 0 Å². The lowest BCUT2D eigenvalue weighted by atomic mass is 9.99. The molecule has 0 spiro atoms. The van der Waals surface area contributed by atoms with Crippen LogP contribution in [0.2, 0.25) is 10.0 Å². The summed E-state index contributed by atoms with van der Waals surface area (Å²) in [5.41, 5.74) is 2.75. The summed E-state index contributed by atoms with van der Waals surface area (Å²) >= 11 is 12.2. The van der Waals surface area contributed by atoms with E-state index in [0.29, 0.717) is 29.4 Å². The molecule has 2 aromatic carbocycles. The maximum absolute atomic E-state index is 13.8. The van der Waals surface area contributed by atoms with E-state index < -0.39 is 17.9 Å². The van der Waals surface area contributed by atoms with E-state index in [4.69, 9.17) is 33.0 Å². The molecule has 0 bridgehead atoms. The van der Waals surface area contributed by atoms with E-state index in [2.05, 4.69) is 4.90 Å². The molecule has 0 unspecified atom stereocenters. The molecule has 7 heteroatoms. The monoisotopic (exact) mass is 411 g/mol. The molecule has 27 heavy (non-hydrogen) atoms. The fraction of sp³-hybridized carbons (Fsp3) is 0.350. The first-order valence-electron chi connectivity index (χ1n) is 8.71. The molecule has 0 saturated carbocycles. The predicted octanol–water partition coefficient (Wildman–Crippen LogP) is 5.11. The van der Waals surface area contributed by atoms with Crippen molar-refractivity contribution in [3.8, 4) is 5.75 Å². The van der Waals surface area contributed by atoms with Gasteiger partial charge in [0.05, 0.1) is 11.4 Å². The van der Waals surface area contributed by atoms with Crippen LogP contribution >= 0.6 is 23.2 Å². The van der Waals surface area contributed by atoms with Gasteiger partial charge in [-0.15, -0.1) is 0 Å². The fourth-order valence-electron chi connectivity index (χ4n) is 3.29. The highest BCUT2D eigenvalue weighted by molar-refractivity contribution is 6.36. The molecule has 1 aliphatic heterocycles. The Hall–Kier alpha value is -1.82. The minimum atomic E-state index is -0.796. The number of carbonyl (C=O) groups is 1. The molecule has 3 rings (SSSR count). The average Bonchev–Trinajstić information content (AvgIpc) is 2.63. The fourth-order valence-corrected chi connectivity index (χ4v) is 3.97. The Morgan fingerprint density at radius 1 is 1.30 bits per heavy atom. The number of halogens is 3. The number of aliphatic carboxylic acids is 1. The predicted molar refractivity (Wildman–Crippen MR) is 103 cm³/mol. The van der Waals surface area contributed by atoms with Crippen LogP contribution in [0.1, 0.15) is 36.1 Å². The van der Waals surface area contributed by atoms with Gasteiger partial charge in [0.2, 0.25) is 0 Å². The molecule has 0 aliphatic carbocycles. The minimum Gasteiger partial charge on any atom is -0.486 e. The number of carboxylic acid groups (broad SMARTS) is 1. The maximum Gasteiger partial charge on any atom is 0.304 e. The molecular weight excluding hydrogens is 392 g/mol.